The molecule has 0 aromatic heterocycles. The number of benzene rings is 1. The van der Waals surface area contributed by atoms with Gasteiger partial charge in [0.25, 0.3) is 0 Å². The van der Waals surface area contributed by atoms with Gasteiger partial charge in [0, 0.05) is 31.7 Å². The van der Waals surface area contributed by atoms with Gasteiger partial charge in [0.15, 0.2) is 5.96 Å². The Balaban J connectivity index is 0.00000312. The van der Waals surface area contributed by atoms with Gasteiger partial charge in [0.05, 0.1) is 13.7 Å². The molecule has 0 radical (unpaired) electrons. The van der Waals surface area contributed by atoms with Gasteiger partial charge < -0.3 is 20.3 Å². The summed E-state index contributed by atoms with van der Waals surface area (Å²) in [6.45, 7) is 10.5. The van der Waals surface area contributed by atoms with E-state index in [9.17, 15) is 0 Å². The van der Waals surface area contributed by atoms with Crippen LogP contribution in [0.4, 0.5) is 0 Å². The van der Waals surface area contributed by atoms with Crippen LogP contribution in [0, 0.1) is 0 Å². The van der Waals surface area contributed by atoms with E-state index in [0.717, 1.165) is 36.9 Å². The summed E-state index contributed by atoms with van der Waals surface area (Å²) in [5, 5.41) is 6.95. The Morgan fingerprint density at radius 1 is 1.32 bits per heavy atom. The highest BCUT2D eigenvalue weighted by Gasteiger charge is 2.21. The number of likely N-dealkylation sites (tertiary alicyclic amines) is 1. The van der Waals surface area contributed by atoms with E-state index in [2.05, 4.69) is 42.4 Å². The standard InChI is InChI=1S/C19H32N4O.HI/c1-5-20-19(21-14-16-7-6-8-18(13-16)24-4)22-17-9-11-23(12-10-17)15(2)3;/h6-8,13,15,17H,5,9-12,14H2,1-4H3,(H2,20,21,22);1H. The van der Waals surface area contributed by atoms with Crippen molar-refractivity contribution in [3.63, 3.8) is 0 Å². The van der Waals surface area contributed by atoms with E-state index in [-0.39, 0.29) is 24.0 Å². The molecule has 0 saturated carbocycles. The fourth-order valence-electron chi connectivity index (χ4n) is 3.01. The normalized spacial score (nSPS) is 16.4. The van der Waals surface area contributed by atoms with Gasteiger partial charge in [0.1, 0.15) is 5.75 Å². The fraction of sp³-hybridized carbons (Fsp3) is 0.632. The highest BCUT2D eigenvalue weighted by molar-refractivity contribution is 14.0. The van der Waals surface area contributed by atoms with Crippen molar-refractivity contribution >= 4 is 29.9 Å². The molecule has 6 heteroatoms. The van der Waals surface area contributed by atoms with Gasteiger partial charge in [-0.2, -0.15) is 0 Å². The van der Waals surface area contributed by atoms with Gasteiger partial charge in [0.2, 0.25) is 0 Å². The first kappa shape index (κ1) is 22.0. The van der Waals surface area contributed by atoms with E-state index in [4.69, 9.17) is 9.73 Å². The third kappa shape index (κ3) is 7.40. The fourth-order valence-corrected chi connectivity index (χ4v) is 3.01. The average molecular weight is 460 g/mol. The van der Waals surface area contributed by atoms with Crippen LogP contribution >= 0.6 is 24.0 Å². The van der Waals surface area contributed by atoms with Crippen LogP contribution in [-0.2, 0) is 6.54 Å². The van der Waals surface area contributed by atoms with Crippen LogP contribution in [0.1, 0.15) is 39.2 Å². The molecular formula is C19H33IN4O. The largest absolute Gasteiger partial charge is 0.497 e. The van der Waals surface area contributed by atoms with Crippen LogP contribution in [0.5, 0.6) is 5.75 Å². The first-order chi connectivity index (χ1) is 11.6. The molecule has 0 spiro atoms. The number of methoxy groups -OCH3 is 1. The second kappa shape index (κ2) is 11.6. The summed E-state index contributed by atoms with van der Waals surface area (Å²) >= 11 is 0. The Morgan fingerprint density at radius 2 is 2.04 bits per heavy atom. The van der Waals surface area contributed by atoms with Gasteiger partial charge >= 0.3 is 0 Å². The Kier molecular flexibility index (Phi) is 10.2. The van der Waals surface area contributed by atoms with Crippen molar-refractivity contribution in [3.8, 4) is 5.75 Å². The second-order valence-electron chi connectivity index (χ2n) is 6.60. The summed E-state index contributed by atoms with van der Waals surface area (Å²) in [6, 6.07) is 9.22. The molecule has 1 heterocycles. The smallest absolute Gasteiger partial charge is 0.191 e. The molecular weight excluding hydrogens is 427 g/mol. The number of piperidine rings is 1. The summed E-state index contributed by atoms with van der Waals surface area (Å²) in [5.41, 5.74) is 1.15. The van der Waals surface area contributed by atoms with Crippen molar-refractivity contribution in [2.24, 2.45) is 4.99 Å². The van der Waals surface area contributed by atoms with E-state index in [1.165, 1.54) is 12.8 Å². The Morgan fingerprint density at radius 3 is 2.64 bits per heavy atom. The van der Waals surface area contributed by atoms with Crippen molar-refractivity contribution in [2.75, 3.05) is 26.7 Å². The predicted octanol–water partition coefficient (Wildman–Crippen LogP) is 3.24. The van der Waals surface area contributed by atoms with E-state index in [1.54, 1.807) is 7.11 Å². The third-order valence-electron chi connectivity index (χ3n) is 4.50. The van der Waals surface area contributed by atoms with Crippen LogP contribution in [0.3, 0.4) is 0 Å². The molecule has 0 amide bonds. The minimum Gasteiger partial charge on any atom is -0.497 e. The van der Waals surface area contributed by atoms with E-state index >= 15 is 0 Å². The molecule has 0 unspecified atom stereocenters. The first-order valence-electron chi connectivity index (χ1n) is 9.04. The monoisotopic (exact) mass is 460 g/mol. The molecule has 1 aromatic carbocycles. The molecule has 2 rings (SSSR count). The van der Waals surface area contributed by atoms with Crippen LogP contribution < -0.4 is 15.4 Å². The Labute approximate surface area is 169 Å². The lowest BCUT2D eigenvalue weighted by Gasteiger charge is -2.35. The van der Waals surface area contributed by atoms with Crippen molar-refractivity contribution < 1.29 is 4.74 Å². The molecule has 1 fully saturated rings. The van der Waals surface area contributed by atoms with Crippen molar-refractivity contribution in [3.05, 3.63) is 29.8 Å². The van der Waals surface area contributed by atoms with E-state index < -0.39 is 0 Å². The molecule has 142 valence electrons. The molecule has 2 N–H and O–H groups in total. The van der Waals surface area contributed by atoms with Crippen molar-refractivity contribution in [1.82, 2.24) is 15.5 Å². The first-order valence-corrected chi connectivity index (χ1v) is 9.04. The Bertz CT molecular complexity index is 528. The quantitative estimate of drug-likeness (QED) is 0.389. The zero-order valence-corrected chi connectivity index (χ0v) is 18.2. The number of halogens is 1. The summed E-state index contributed by atoms with van der Waals surface area (Å²) in [5.74, 6) is 1.78. The number of aliphatic imine (C=N–C) groups is 1. The average Bonchev–Trinajstić information content (AvgIpc) is 2.60. The molecule has 1 aromatic rings. The lowest BCUT2D eigenvalue weighted by Crippen LogP contribution is -2.49. The molecule has 0 bridgehead atoms. The number of nitrogens with zero attached hydrogens (tertiary/aromatic N) is 2. The van der Waals surface area contributed by atoms with Crippen LogP contribution in [0.15, 0.2) is 29.3 Å². The summed E-state index contributed by atoms with van der Waals surface area (Å²) in [7, 11) is 1.69. The molecule has 1 aliphatic rings. The third-order valence-corrected chi connectivity index (χ3v) is 4.50. The van der Waals surface area contributed by atoms with Gasteiger partial charge in [-0.15, -0.1) is 24.0 Å². The molecule has 1 aliphatic heterocycles. The van der Waals surface area contributed by atoms with Crippen molar-refractivity contribution in [1.29, 1.82) is 0 Å². The minimum absolute atomic E-state index is 0. The summed E-state index contributed by atoms with van der Waals surface area (Å²) < 4.78 is 5.28. The number of hydrogen-bond acceptors (Lipinski definition) is 3. The molecule has 0 aliphatic carbocycles. The number of ether oxygens (including phenoxy) is 1. The van der Waals surface area contributed by atoms with Gasteiger partial charge in [-0.05, 0) is 51.3 Å². The van der Waals surface area contributed by atoms with Gasteiger partial charge in [-0.25, -0.2) is 4.99 Å². The van der Waals surface area contributed by atoms with Gasteiger partial charge in [-0.1, -0.05) is 12.1 Å². The summed E-state index contributed by atoms with van der Waals surface area (Å²) in [4.78, 5) is 7.27. The molecule has 0 atom stereocenters. The zero-order chi connectivity index (χ0) is 17.4. The van der Waals surface area contributed by atoms with Crippen molar-refractivity contribution in [2.45, 2.75) is 52.2 Å². The lowest BCUT2D eigenvalue weighted by atomic mass is 10.0. The lowest BCUT2D eigenvalue weighted by molar-refractivity contribution is 0.167. The van der Waals surface area contributed by atoms with E-state index in [1.807, 2.05) is 18.2 Å². The van der Waals surface area contributed by atoms with Crippen LogP contribution in [-0.4, -0.2) is 49.7 Å². The van der Waals surface area contributed by atoms with Crippen LogP contribution in [0.25, 0.3) is 0 Å². The number of guanidine groups is 1. The number of rotatable bonds is 6. The topological polar surface area (TPSA) is 48.9 Å². The Hall–Kier alpha value is -1.02. The maximum Gasteiger partial charge on any atom is 0.191 e. The predicted molar refractivity (Wildman–Crippen MR) is 116 cm³/mol. The number of nitrogens with one attached hydrogen (secondary N) is 2. The SMILES string of the molecule is CCNC(=NCc1cccc(OC)c1)NC1CCN(C(C)C)CC1.I. The van der Waals surface area contributed by atoms with Crippen LogP contribution in [0.2, 0.25) is 0 Å². The maximum absolute atomic E-state index is 5.28. The molecule has 25 heavy (non-hydrogen) atoms. The summed E-state index contributed by atoms with van der Waals surface area (Å²) in [6.07, 6.45) is 2.34. The highest BCUT2D eigenvalue weighted by atomic mass is 127. The minimum atomic E-state index is 0. The van der Waals surface area contributed by atoms with Gasteiger partial charge in [-0.3, -0.25) is 0 Å². The number of hydrogen-bond donors (Lipinski definition) is 2. The molecule has 5 nitrogen and oxygen atoms in total. The molecule has 1 saturated heterocycles. The zero-order valence-electron chi connectivity index (χ0n) is 15.9. The second-order valence-corrected chi connectivity index (χ2v) is 6.60. The van der Waals surface area contributed by atoms with E-state index in [0.29, 0.717) is 18.6 Å². The maximum atomic E-state index is 5.28. The highest BCUT2D eigenvalue weighted by Crippen LogP contribution is 2.14.